The second kappa shape index (κ2) is 7.19. The van der Waals surface area contributed by atoms with Crippen LogP contribution in [0.2, 0.25) is 5.15 Å². The van der Waals surface area contributed by atoms with Gasteiger partial charge in [-0.2, -0.15) is 0 Å². The summed E-state index contributed by atoms with van der Waals surface area (Å²) in [5.74, 6) is -0.703. The van der Waals surface area contributed by atoms with Crippen molar-refractivity contribution >= 4 is 45.0 Å². The molecule has 1 aromatic heterocycles. The number of carbonyl (C=O) groups excluding carboxylic acids is 2. The highest BCUT2D eigenvalue weighted by Gasteiger charge is 2.10. The van der Waals surface area contributed by atoms with E-state index in [1.165, 1.54) is 6.20 Å². The number of nitrogens with zero attached hydrogens (tertiary/aromatic N) is 1. The number of amides is 2. The third kappa shape index (κ3) is 4.54. The first-order valence-corrected chi connectivity index (χ1v) is 7.17. The Kier molecular flexibility index (Phi) is 5.30. The molecule has 5 nitrogen and oxygen atoms in total. The lowest BCUT2D eigenvalue weighted by Gasteiger charge is -2.08. The zero-order valence-corrected chi connectivity index (χ0v) is 13.1. The van der Waals surface area contributed by atoms with E-state index in [0.29, 0.717) is 15.7 Å². The van der Waals surface area contributed by atoms with Crippen LogP contribution in [0.4, 0.5) is 5.69 Å². The predicted octanol–water partition coefficient (Wildman–Crippen LogP) is 2.87. The standard InChI is InChI=1S/C14H11BrClN3O2/c15-10-6-11(13(16)17-7-10)19-12(20)8-18-14(21)9-4-2-1-3-5-9/h1-7H,8H2,(H,18,21)(H,19,20). The Hall–Kier alpha value is -1.92. The molecule has 108 valence electrons. The highest BCUT2D eigenvalue weighted by Crippen LogP contribution is 2.22. The van der Waals surface area contributed by atoms with Crippen LogP contribution in [-0.4, -0.2) is 23.3 Å². The van der Waals surface area contributed by atoms with Crippen molar-refractivity contribution in [2.24, 2.45) is 0 Å². The number of aromatic nitrogens is 1. The van der Waals surface area contributed by atoms with Gasteiger partial charge < -0.3 is 10.6 Å². The van der Waals surface area contributed by atoms with E-state index in [1.807, 2.05) is 6.07 Å². The number of hydrogen-bond donors (Lipinski definition) is 2. The van der Waals surface area contributed by atoms with E-state index in [0.717, 1.165) is 0 Å². The Labute approximate surface area is 134 Å². The highest BCUT2D eigenvalue weighted by atomic mass is 79.9. The molecular weight excluding hydrogens is 358 g/mol. The lowest BCUT2D eigenvalue weighted by molar-refractivity contribution is -0.115. The van der Waals surface area contributed by atoms with Crippen LogP contribution in [0.15, 0.2) is 47.1 Å². The average molecular weight is 369 g/mol. The van der Waals surface area contributed by atoms with Gasteiger partial charge in [-0.1, -0.05) is 29.8 Å². The first kappa shape index (κ1) is 15.5. The third-order valence-electron chi connectivity index (χ3n) is 2.53. The molecule has 0 spiro atoms. The SMILES string of the molecule is O=C(CNC(=O)c1ccccc1)Nc1cc(Br)cnc1Cl. The van der Waals surface area contributed by atoms with Gasteiger partial charge in [-0.25, -0.2) is 4.98 Å². The number of rotatable bonds is 4. The lowest BCUT2D eigenvalue weighted by Crippen LogP contribution is -2.32. The fourth-order valence-electron chi connectivity index (χ4n) is 1.56. The molecule has 0 aliphatic heterocycles. The van der Waals surface area contributed by atoms with Gasteiger partial charge in [-0.05, 0) is 34.1 Å². The van der Waals surface area contributed by atoms with Crippen LogP contribution >= 0.6 is 27.5 Å². The van der Waals surface area contributed by atoms with Gasteiger partial charge >= 0.3 is 0 Å². The number of hydrogen-bond acceptors (Lipinski definition) is 3. The van der Waals surface area contributed by atoms with Crippen LogP contribution in [0.25, 0.3) is 0 Å². The molecule has 1 aromatic carbocycles. The van der Waals surface area contributed by atoms with Crippen molar-refractivity contribution in [3.63, 3.8) is 0 Å². The summed E-state index contributed by atoms with van der Waals surface area (Å²) in [6.45, 7) is -0.156. The molecule has 0 bridgehead atoms. The summed E-state index contributed by atoms with van der Waals surface area (Å²) in [6, 6.07) is 10.3. The van der Waals surface area contributed by atoms with Crippen molar-refractivity contribution in [2.45, 2.75) is 0 Å². The van der Waals surface area contributed by atoms with Crippen molar-refractivity contribution in [1.82, 2.24) is 10.3 Å². The number of benzene rings is 1. The van der Waals surface area contributed by atoms with E-state index in [9.17, 15) is 9.59 Å². The van der Waals surface area contributed by atoms with Gasteiger partial charge in [0.1, 0.15) is 0 Å². The second-order valence-corrected chi connectivity index (χ2v) is 5.36. The molecule has 2 amide bonds. The maximum atomic E-state index is 11.8. The van der Waals surface area contributed by atoms with Crippen molar-refractivity contribution < 1.29 is 9.59 Å². The summed E-state index contributed by atoms with van der Waals surface area (Å²) in [6.07, 6.45) is 1.52. The quantitative estimate of drug-likeness (QED) is 0.815. The minimum atomic E-state index is -0.388. The molecular formula is C14H11BrClN3O2. The number of nitrogens with one attached hydrogen (secondary N) is 2. The molecule has 7 heteroatoms. The number of carbonyl (C=O) groups is 2. The third-order valence-corrected chi connectivity index (χ3v) is 3.26. The maximum Gasteiger partial charge on any atom is 0.251 e. The van der Waals surface area contributed by atoms with Crippen molar-refractivity contribution in [3.05, 3.63) is 57.8 Å². The molecule has 0 aliphatic rings. The Balaban J connectivity index is 1.91. The molecule has 0 atom stereocenters. The molecule has 21 heavy (non-hydrogen) atoms. The molecule has 1 heterocycles. The summed E-state index contributed by atoms with van der Waals surface area (Å²) >= 11 is 9.10. The normalized spacial score (nSPS) is 10.0. The zero-order valence-electron chi connectivity index (χ0n) is 10.8. The molecule has 0 aliphatic carbocycles. The monoisotopic (exact) mass is 367 g/mol. The van der Waals surface area contributed by atoms with Crippen LogP contribution in [0, 0.1) is 0 Å². The fourth-order valence-corrected chi connectivity index (χ4v) is 2.04. The maximum absolute atomic E-state index is 11.8. The lowest BCUT2D eigenvalue weighted by atomic mass is 10.2. The summed E-state index contributed by atoms with van der Waals surface area (Å²) < 4.78 is 0.690. The van der Waals surface area contributed by atoms with E-state index in [4.69, 9.17) is 11.6 Å². The van der Waals surface area contributed by atoms with E-state index in [-0.39, 0.29) is 23.5 Å². The van der Waals surface area contributed by atoms with E-state index in [2.05, 4.69) is 31.5 Å². The smallest absolute Gasteiger partial charge is 0.251 e. The zero-order chi connectivity index (χ0) is 15.2. The van der Waals surface area contributed by atoms with Crippen molar-refractivity contribution in [2.75, 3.05) is 11.9 Å². The molecule has 0 unspecified atom stereocenters. The van der Waals surface area contributed by atoms with Crippen molar-refractivity contribution in [3.8, 4) is 0 Å². The largest absolute Gasteiger partial charge is 0.343 e. The van der Waals surface area contributed by atoms with Gasteiger partial charge in [0.2, 0.25) is 5.91 Å². The summed E-state index contributed by atoms with van der Waals surface area (Å²) in [7, 11) is 0. The molecule has 0 saturated carbocycles. The summed E-state index contributed by atoms with van der Waals surface area (Å²) in [5, 5.41) is 5.29. The van der Waals surface area contributed by atoms with E-state index < -0.39 is 0 Å². The van der Waals surface area contributed by atoms with Gasteiger partial charge in [0.05, 0.1) is 12.2 Å². The molecule has 2 aromatic rings. The van der Waals surface area contributed by atoms with Crippen LogP contribution in [0.5, 0.6) is 0 Å². The number of pyridine rings is 1. The molecule has 0 fully saturated rings. The Morgan fingerprint density at radius 3 is 2.67 bits per heavy atom. The topological polar surface area (TPSA) is 71.1 Å². The molecule has 0 saturated heterocycles. The first-order chi connectivity index (χ1) is 10.1. The Morgan fingerprint density at radius 2 is 1.95 bits per heavy atom. The summed E-state index contributed by atoms with van der Waals surface area (Å²) in [4.78, 5) is 27.5. The molecule has 2 N–H and O–H groups in total. The highest BCUT2D eigenvalue weighted by molar-refractivity contribution is 9.10. The van der Waals surface area contributed by atoms with Gasteiger partial charge in [0, 0.05) is 16.2 Å². The van der Waals surface area contributed by atoms with Gasteiger partial charge in [0.15, 0.2) is 5.15 Å². The second-order valence-electron chi connectivity index (χ2n) is 4.09. The minimum absolute atomic E-state index is 0.156. The number of anilines is 1. The Bertz CT molecular complexity index is 665. The van der Waals surface area contributed by atoms with Crippen LogP contribution in [0.3, 0.4) is 0 Å². The van der Waals surface area contributed by atoms with Gasteiger partial charge in [-0.15, -0.1) is 0 Å². The van der Waals surface area contributed by atoms with Crippen LogP contribution in [0.1, 0.15) is 10.4 Å². The Morgan fingerprint density at radius 1 is 1.24 bits per heavy atom. The minimum Gasteiger partial charge on any atom is -0.343 e. The molecule has 2 rings (SSSR count). The molecule has 0 radical (unpaired) electrons. The van der Waals surface area contributed by atoms with Gasteiger partial charge in [0.25, 0.3) is 5.91 Å². The predicted molar refractivity (Wildman–Crippen MR) is 84.4 cm³/mol. The first-order valence-electron chi connectivity index (χ1n) is 6.00. The summed E-state index contributed by atoms with van der Waals surface area (Å²) in [5.41, 5.74) is 0.873. The van der Waals surface area contributed by atoms with E-state index >= 15 is 0 Å². The average Bonchev–Trinajstić information content (AvgIpc) is 2.49. The number of halogens is 2. The van der Waals surface area contributed by atoms with Crippen LogP contribution in [-0.2, 0) is 4.79 Å². The van der Waals surface area contributed by atoms with Crippen LogP contribution < -0.4 is 10.6 Å². The van der Waals surface area contributed by atoms with E-state index in [1.54, 1.807) is 30.3 Å². The van der Waals surface area contributed by atoms with Gasteiger partial charge in [-0.3, -0.25) is 9.59 Å². The van der Waals surface area contributed by atoms with Crippen molar-refractivity contribution in [1.29, 1.82) is 0 Å². The fraction of sp³-hybridized carbons (Fsp3) is 0.0714.